The van der Waals surface area contributed by atoms with Gasteiger partial charge in [0.05, 0.1) is 12.6 Å². The molecule has 1 fully saturated rings. The fraction of sp³-hybridized carbons (Fsp3) is 0.532. The first-order valence-electron chi connectivity index (χ1n) is 39.8. The van der Waals surface area contributed by atoms with Gasteiger partial charge in [-0.2, -0.15) is 25.3 Å². The molecule has 0 unspecified atom stereocenters. The number of aromatic amines is 1. The fourth-order valence-corrected chi connectivity index (χ4v) is 13.4. The van der Waals surface area contributed by atoms with E-state index in [1.807, 2.05) is 0 Å². The van der Waals surface area contributed by atoms with E-state index in [1.165, 1.54) is 36.1 Å². The summed E-state index contributed by atoms with van der Waals surface area (Å²) in [7, 11) is 0. The van der Waals surface area contributed by atoms with Gasteiger partial charge in [0.15, 0.2) is 5.96 Å². The summed E-state index contributed by atoms with van der Waals surface area (Å²) in [6.45, 7) is 6.41. The highest BCUT2D eigenvalue weighted by Crippen LogP contribution is 2.23. The number of likely N-dealkylation sites (tertiary alicyclic amines) is 1. The molecule has 5 rings (SSSR count). The molecule has 120 heavy (non-hydrogen) atoms. The number of rotatable bonds is 53. The Morgan fingerprint density at radius 3 is 1.56 bits per heavy atom. The van der Waals surface area contributed by atoms with E-state index in [0.717, 1.165) is 0 Å². The molecule has 658 valence electrons. The molecule has 1 aliphatic heterocycles. The van der Waals surface area contributed by atoms with Crippen molar-refractivity contribution in [3.63, 3.8) is 0 Å². The first-order chi connectivity index (χ1) is 57.1. The average Bonchev–Trinajstić information content (AvgIpc) is 1.71. The number of unbranched alkanes of at least 4 members (excludes halogenated alkanes) is 2. The summed E-state index contributed by atoms with van der Waals surface area (Å²) in [5.41, 5.74) is 24.7. The summed E-state index contributed by atoms with van der Waals surface area (Å²) in [4.78, 5) is 226. The Hall–Kier alpha value is -11.6. The molecular formula is C79H116N20O19S2. The van der Waals surface area contributed by atoms with E-state index >= 15 is 4.79 Å². The zero-order chi connectivity index (χ0) is 88.7. The van der Waals surface area contributed by atoms with E-state index < -0.39 is 211 Å². The van der Waals surface area contributed by atoms with E-state index in [1.54, 1.807) is 81.6 Å². The van der Waals surface area contributed by atoms with Gasteiger partial charge in [0, 0.05) is 73.8 Å². The number of benzene rings is 3. The van der Waals surface area contributed by atoms with Crippen LogP contribution in [0, 0.1) is 11.3 Å². The number of carboxylic acids is 2. The van der Waals surface area contributed by atoms with Gasteiger partial charge in [-0.3, -0.25) is 77.3 Å². The molecule has 26 N–H and O–H groups in total. The predicted octanol–water partition coefficient (Wildman–Crippen LogP) is -2.61. The molecule has 4 aromatic rings. The number of para-hydroxylation sites is 1. The third-order valence-corrected chi connectivity index (χ3v) is 20.4. The molecule has 14 amide bonds. The maximum Gasteiger partial charge on any atom is 0.326 e. The van der Waals surface area contributed by atoms with Crippen molar-refractivity contribution in [1.29, 1.82) is 5.41 Å². The molecule has 39 nitrogen and oxygen atoms in total. The molecule has 3 aromatic carbocycles. The number of thiol groups is 2. The standard InChI is InChI=1S/C79H116N20O19S2/c1-5-6-19-52(70(109)98-61(42-120)76(115)93-56(29-31-65(103)104)71(110)90-53(21-12-13-32-80)69(108)94-58(36-46-24-26-48(100)27-25-46)74(113)97-60(78(117)118)37-45-16-8-7-9-17-45)91-75(114)59(38-47-39-86-51-20-11-10-18-49(47)51)95-72(111)55(28-30-63(82)101)92-73(112)57(35-43(2)3)96-77(116)62-23-15-34-99(62)64(102)40-87-66(105)44(4)88-68(107)54(22-14-33-85-79(83)84)89-67(106)50(81)41-119/h7-11,16-18,20,24-27,39,43-44,50,52-62,86,100,119-120H,5-6,12-15,19,21-23,28-38,40-42,80-81H2,1-4H3,(H2,82,101)(H,87,105)(H,88,107)(H,89,106)(H,90,110)(H,91,114)(H,92,112)(H,93,115)(H,94,108)(H,95,111)(H,96,116)(H,97,113)(H,98,109)(H,103,104)(H,117,118)(H4,83,84,85)/t44-,50-,52-,53-,54-,55-,56-,57-,58-,59-,60-,61-,62-/m0/s1. The van der Waals surface area contributed by atoms with Gasteiger partial charge < -0.3 is 117 Å². The van der Waals surface area contributed by atoms with Crippen LogP contribution in [0.25, 0.3) is 10.9 Å². The second-order valence-electron chi connectivity index (χ2n) is 29.7. The van der Waals surface area contributed by atoms with Gasteiger partial charge in [-0.05, 0) is 125 Å². The zero-order valence-corrected chi connectivity index (χ0v) is 69.4. The molecule has 0 bridgehead atoms. The van der Waals surface area contributed by atoms with Crippen LogP contribution < -0.4 is 92.1 Å². The van der Waals surface area contributed by atoms with Crippen molar-refractivity contribution in [2.75, 3.05) is 37.7 Å². The van der Waals surface area contributed by atoms with Gasteiger partial charge in [-0.15, -0.1) is 0 Å². The van der Waals surface area contributed by atoms with Crippen LogP contribution in [0.2, 0.25) is 0 Å². The number of H-pyrrole nitrogens is 1. The van der Waals surface area contributed by atoms with Gasteiger partial charge in [0.1, 0.15) is 78.3 Å². The normalized spacial score (nSPS) is 15.4. The van der Waals surface area contributed by atoms with Gasteiger partial charge in [-0.1, -0.05) is 94.3 Å². The number of nitrogens with zero attached hydrogens (tertiary/aromatic N) is 1. The monoisotopic (exact) mass is 1710 g/mol. The maximum atomic E-state index is 15.0. The van der Waals surface area contributed by atoms with Crippen molar-refractivity contribution in [2.45, 2.75) is 222 Å². The van der Waals surface area contributed by atoms with E-state index in [4.69, 9.17) is 28.3 Å². The number of amides is 14. The van der Waals surface area contributed by atoms with Crippen molar-refractivity contribution < 1.29 is 92.0 Å². The number of phenolic OH excluding ortho intramolecular Hbond substituents is 1. The summed E-state index contributed by atoms with van der Waals surface area (Å²) >= 11 is 8.37. The molecular weight excluding hydrogens is 1600 g/mol. The van der Waals surface area contributed by atoms with Gasteiger partial charge in [0.2, 0.25) is 82.7 Å². The fourth-order valence-electron chi connectivity index (χ4n) is 13.0. The number of nitrogens with two attached hydrogens (primary N) is 4. The van der Waals surface area contributed by atoms with Crippen molar-refractivity contribution in [3.8, 4) is 5.75 Å². The van der Waals surface area contributed by atoms with E-state index in [-0.39, 0.29) is 107 Å². The van der Waals surface area contributed by atoms with E-state index in [2.05, 4.69) is 99.4 Å². The minimum atomic E-state index is -1.73. The van der Waals surface area contributed by atoms with E-state index in [9.17, 15) is 87.2 Å². The lowest BCUT2D eigenvalue weighted by atomic mass is 10.0. The number of nitrogens with one attached hydrogen (secondary N) is 15. The average molecular weight is 1710 g/mol. The van der Waals surface area contributed by atoms with Crippen molar-refractivity contribution >= 4 is 137 Å². The predicted molar refractivity (Wildman–Crippen MR) is 448 cm³/mol. The van der Waals surface area contributed by atoms with Crippen LogP contribution in [-0.2, 0) is 96.0 Å². The first-order valence-corrected chi connectivity index (χ1v) is 41.1. The molecule has 1 saturated heterocycles. The molecule has 0 spiro atoms. The van der Waals surface area contributed by atoms with Crippen molar-refractivity contribution in [3.05, 3.63) is 102 Å². The van der Waals surface area contributed by atoms with Crippen LogP contribution in [0.3, 0.4) is 0 Å². The third-order valence-electron chi connectivity index (χ3n) is 19.6. The smallest absolute Gasteiger partial charge is 0.326 e. The molecule has 0 saturated carbocycles. The number of aromatic hydroxyl groups is 1. The molecule has 1 aromatic heterocycles. The lowest BCUT2D eigenvalue weighted by Crippen LogP contribution is -2.61. The van der Waals surface area contributed by atoms with Crippen LogP contribution in [0.5, 0.6) is 5.75 Å². The van der Waals surface area contributed by atoms with Crippen molar-refractivity contribution in [1.82, 2.24) is 79.0 Å². The SMILES string of the molecule is CCCC[C@H](NC(=O)[C@H](Cc1c[nH]c2ccccc12)NC(=O)[C@H](CCC(N)=O)NC(=O)[C@H](CC(C)C)NC(=O)[C@@H]1CCCN1C(=O)CNC(=O)[C@H](C)NC(=O)[C@H](CCCNC(=N)N)NC(=O)[C@@H](N)CS)C(=O)N[C@@H](CS)C(=O)N[C@@H](CCC(=O)O)C(=O)N[C@@H](CCCCN)C(=O)N[C@@H](Cc1ccc(O)cc1)C(=O)N[C@@H](Cc1ccccc1)C(=O)O. The Bertz CT molecular complexity index is 4180. The molecule has 0 radical (unpaired) electrons. The number of aliphatic carboxylic acids is 2. The number of phenols is 1. The lowest BCUT2D eigenvalue weighted by molar-refractivity contribution is -0.142. The summed E-state index contributed by atoms with van der Waals surface area (Å²) in [6, 6.07) is 2.52. The Morgan fingerprint density at radius 1 is 0.525 bits per heavy atom. The molecule has 1 aliphatic rings. The Morgan fingerprint density at radius 2 is 1.01 bits per heavy atom. The molecule has 2 heterocycles. The van der Waals surface area contributed by atoms with Crippen LogP contribution >= 0.6 is 25.3 Å². The minimum Gasteiger partial charge on any atom is -0.508 e. The maximum absolute atomic E-state index is 15.0. The Labute approximate surface area is 705 Å². The molecule has 41 heteroatoms. The number of carbonyl (C=O) groups is 16. The number of carbonyl (C=O) groups excluding carboxylic acids is 14. The number of guanidine groups is 1. The largest absolute Gasteiger partial charge is 0.508 e. The zero-order valence-electron chi connectivity index (χ0n) is 67.7. The highest BCUT2D eigenvalue weighted by atomic mass is 32.1. The van der Waals surface area contributed by atoms with E-state index in [0.29, 0.717) is 53.3 Å². The number of carboxylic acid groups (broad SMARTS) is 2. The summed E-state index contributed by atoms with van der Waals surface area (Å²) in [5.74, 6) is -16.4. The van der Waals surface area contributed by atoms with Crippen LogP contribution in [-0.4, -0.2) is 242 Å². The van der Waals surface area contributed by atoms with Gasteiger partial charge in [0.25, 0.3) is 0 Å². The highest BCUT2D eigenvalue weighted by Gasteiger charge is 2.40. The minimum absolute atomic E-state index is 0.0313. The number of primary amides is 1. The second kappa shape index (κ2) is 51.0. The molecule has 13 atom stereocenters. The van der Waals surface area contributed by atoms with Gasteiger partial charge >= 0.3 is 11.9 Å². The summed E-state index contributed by atoms with van der Waals surface area (Å²) in [5, 5.41) is 71.6. The molecule has 0 aliphatic carbocycles. The lowest BCUT2D eigenvalue weighted by Gasteiger charge is -2.29. The number of aromatic nitrogens is 1. The number of hydrogen-bond acceptors (Lipinski definition) is 22. The number of hydrogen-bond donors (Lipinski definition) is 24. The topological polar surface area (TPSA) is 637 Å². The van der Waals surface area contributed by atoms with Crippen LogP contribution in [0.4, 0.5) is 0 Å². The summed E-state index contributed by atoms with van der Waals surface area (Å²) < 4.78 is 0. The Balaban J connectivity index is 1.34. The highest BCUT2D eigenvalue weighted by molar-refractivity contribution is 7.80. The van der Waals surface area contributed by atoms with Gasteiger partial charge in [-0.25, -0.2) is 4.79 Å². The van der Waals surface area contributed by atoms with Crippen molar-refractivity contribution in [2.24, 2.45) is 28.9 Å². The Kier molecular flexibility index (Phi) is 42.1. The second-order valence-corrected chi connectivity index (χ2v) is 30.4. The third kappa shape index (κ3) is 33.7. The van der Waals surface area contributed by atoms with Crippen LogP contribution in [0.1, 0.15) is 141 Å². The first kappa shape index (κ1) is 99.0. The van der Waals surface area contributed by atoms with Crippen LogP contribution in [0.15, 0.2) is 85.1 Å². The number of fused-ring (bicyclic) bond motifs is 1. The summed E-state index contributed by atoms with van der Waals surface area (Å²) in [6.07, 6.45) is 0.631. The quantitative estimate of drug-likeness (QED) is 0.00932.